The summed E-state index contributed by atoms with van der Waals surface area (Å²) in [5, 5.41) is 3.13. The molecule has 0 unspecified atom stereocenters. The van der Waals surface area contributed by atoms with Crippen molar-refractivity contribution in [3.63, 3.8) is 0 Å². The van der Waals surface area contributed by atoms with Crippen LogP contribution >= 0.6 is 22.9 Å². The molecule has 0 radical (unpaired) electrons. The molecule has 0 amide bonds. The van der Waals surface area contributed by atoms with Crippen molar-refractivity contribution in [2.24, 2.45) is 0 Å². The number of hydrogen-bond acceptors (Lipinski definition) is 6. The van der Waals surface area contributed by atoms with Gasteiger partial charge in [0.05, 0.1) is 6.54 Å². The Morgan fingerprint density at radius 1 is 1.28 bits per heavy atom. The van der Waals surface area contributed by atoms with Gasteiger partial charge in [0, 0.05) is 29.5 Å². The van der Waals surface area contributed by atoms with E-state index in [0.717, 1.165) is 30.6 Å². The van der Waals surface area contributed by atoms with E-state index >= 15 is 0 Å². The maximum absolute atomic E-state index is 4.49. The molecule has 2 rings (SSSR count). The number of hydrogen-bond donors (Lipinski definition) is 0. The van der Waals surface area contributed by atoms with Gasteiger partial charge >= 0.3 is 0 Å². The summed E-state index contributed by atoms with van der Waals surface area (Å²) in [6.45, 7) is 4.85. The molecule has 0 bridgehead atoms. The average Bonchev–Trinajstić information content (AvgIpc) is 2.95. The van der Waals surface area contributed by atoms with E-state index in [2.05, 4.69) is 50.8 Å². The van der Waals surface area contributed by atoms with Crippen molar-refractivity contribution in [1.29, 1.82) is 0 Å². The minimum atomic E-state index is 0.857. The maximum Gasteiger partial charge on any atom is 0.205 e. The molecule has 0 saturated heterocycles. The Hall–Kier alpha value is -0.980. The molecular formula is C12H18N4S2. The van der Waals surface area contributed by atoms with E-state index < -0.39 is 0 Å². The van der Waals surface area contributed by atoms with E-state index in [1.54, 1.807) is 11.3 Å². The summed E-state index contributed by atoms with van der Waals surface area (Å²) in [4.78, 5) is 10.3. The first-order valence-electron chi connectivity index (χ1n) is 5.87. The van der Waals surface area contributed by atoms with Gasteiger partial charge in [0.2, 0.25) is 5.13 Å². The molecule has 0 fully saturated rings. The van der Waals surface area contributed by atoms with Crippen LogP contribution in [0.2, 0.25) is 0 Å². The van der Waals surface area contributed by atoms with Crippen LogP contribution in [-0.4, -0.2) is 41.4 Å². The molecule has 0 aliphatic rings. The van der Waals surface area contributed by atoms with E-state index in [9.17, 15) is 0 Å². The summed E-state index contributed by atoms with van der Waals surface area (Å²) in [6, 6.07) is 4.26. The van der Waals surface area contributed by atoms with Crippen LogP contribution in [0, 0.1) is 6.92 Å². The standard InChI is InChI=1S/C12H18N4S2/c1-10-13-12(18-14-10)16(7-6-15(2)3)9-11-5-4-8-17-11/h4-5,8H,6-7,9H2,1-3H3. The third-order valence-electron chi connectivity index (χ3n) is 2.53. The quantitative estimate of drug-likeness (QED) is 0.815. The van der Waals surface area contributed by atoms with Crippen LogP contribution in [0.25, 0.3) is 0 Å². The summed E-state index contributed by atoms with van der Waals surface area (Å²) < 4.78 is 4.27. The van der Waals surface area contributed by atoms with Crippen LogP contribution in [0.1, 0.15) is 10.7 Å². The number of aryl methyl sites for hydroxylation is 1. The van der Waals surface area contributed by atoms with E-state index in [-0.39, 0.29) is 0 Å². The van der Waals surface area contributed by atoms with Gasteiger partial charge in [0.25, 0.3) is 0 Å². The molecule has 18 heavy (non-hydrogen) atoms. The van der Waals surface area contributed by atoms with Gasteiger partial charge in [-0.15, -0.1) is 11.3 Å². The summed E-state index contributed by atoms with van der Waals surface area (Å²) in [6.07, 6.45) is 0. The lowest BCUT2D eigenvalue weighted by Gasteiger charge is -2.22. The fourth-order valence-electron chi connectivity index (χ4n) is 1.57. The van der Waals surface area contributed by atoms with Gasteiger partial charge in [-0.1, -0.05) is 6.07 Å². The molecule has 4 nitrogen and oxygen atoms in total. The van der Waals surface area contributed by atoms with Crippen LogP contribution in [0.3, 0.4) is 0 Å². The van der Waals surface area contributed by atoms with Crippen molar-refractivity contribution in [3.05, 3.63) is 28.2 Å². The predicted molar refractivity (Wildman–Crippen MR) is 78.6 cm³/mol. The van der Waals surface area contributed by atoms with Crippen molar-refractivity contribution in [1.82, 2.24) is 14.3 Å². The number of thiophene rings is 1. The lowest BCUT2D eigenvalue weighted by molar-refractivity contribution is 0.412. The summed E-state index contributed by atoms with van der Waals surface area (Å²) in [7, 11) is 4.18. The molecule has 0 spiro atoms. The number of nitrogens with zero attached hydrogens (tertiary/aromatic N) is 4. The SMILES string of the molecule is Cc1nsc(N(CCN(C)C)Cc2cccs2)n1. The molecule has 0 aliphatic carbocycles. The Morgan fingerprint density at radius 3 is 2.67 bits per heavy atom. The van der Waals surface area contributed by atoms with Gasteiger partial charge in [-0.05, 0) is 32.5 Å². The molecule has 6 heteroatoms. The first-order chi connectivity index (χ1) is 8.65. The highest BCUT2D eigenvalue weighted by Gasteiger charge is 2.12. The Morgan fingerprint density at radius 2 is 2.11 bits per heavy atom. The number of likely N-dealkylation sites (N-methyl/N-ethyl adjacent to an activating group) is 1. The van der Waals surface area contributed by atoms with Crippen LogP contribution in [0.15, 0.2) is 17.5 Å². The second-order valence-electron chi connectivity index (χ2n) is 4.43. The van der Waals surface area contributed by atoms with Crippen molar-refractivity contribution >= 4 is 28.0 Å². The fraction of sp³-hybridized carbons (Fsp3) is 0.500. The van der Waals surface area contributed by atoms with E-state index in [1.807, 2.05) is 6.92 Å². The van der Waals surface area contributed by atoms with Crippen LogP contribution in [0.4, 0.5) is 5.13 Å². The molecule has 2 aromatic rings. The zero-order valence-electron chi connectivity index (χ0n) is 11.0. The second-order valence-corrected chi connectivity index (χ2v) is 6.19. The van der Waals surface area contributed by atoms with E-state index in [4.69, 9.17) is 0 Å². The van der Waals surface area contributed by atoms with Crippen molar-refractivity contribution in [3.8, 4) is 0 Å². The molecule has 0 aliphatic heterocycles. The van der Waals surface area contributed by atoms with E-state index in [0.29, 0.717) is 0 Å². The molecule has 2 heterocycles. The Balaban J connectivity index is 2.07. The molecule has 0 atom stereocenters. The Bertz CT molecular complexity index is 464. The number of aromatic nitrogens is 2. The smallest absolute Gasteiger partial charge is 0.205 e. The maximum atomic E-state index is 4.49. The molecule has 2 aromatic heterocycles. The summed E-state index contributed by atoms with van der Waals surface area (Å²) in [5.41, 5.74) is 0. The monoisotopic (exact) mass is 282 g/mol. The largest absolute Gasteiger partial charge is 0.340 e. The Kier molecular flexibility index (Phi) is 4.68. The highest BCUT2D eigenvalue weighted by atomic mass is 32.1. The zero-order valence-corrected chi connectivity index (χ0v) is 12.6. The third kappa shape index (κ3) is 3.76. The first kappa shape index (κ1) is 13.5. The Labute approximate surface area is 116 Å². The van der Waals surface area contributed by atoms with Gasteiger partial charge in [-0.2, -0.15) is 4.37 Å². The zero-order chi connectivity index (χ0) is 13.0. The lowest BCUT2D eigenvalue weighted by Crippen LogP contribution is -2.31. The van der Waals surface area contributed by atoms with Crippen molar-refractivity contribution in [2.75, 3.05) is 32.1 Å². The topological polar surface area (TPSA) is 32.3 Å². The predicted octanol–water partition coefficient (Wildman–Crippen LogP) is 2.48. The lowest BCUT2D eigenvalue weighted by atomic mass is 10.4. The normalized spacial score (nSPS) is 11.1. The fourth-order valence-corrected chi connectivity index (χ4v) is 2.99. The molecule has 0 saturated carbocycles. The molecule has 98 valence electrons. The molecular weight excluding hydrogens is 264 g/mol. The minimum absolute atomic E-state index is 0.857. The highest BCUT2D eigenvalue weighted by Crippen LogP contribution is 2.21. The van der Waals surface area contributed by atoms with Gasteiger partial charge in [-0.3, -0.25) is 0 Å². The minimum Gasteiger partial charge on any atom is -0.340 e. The summed E-state index contributed by atoms with van der Waals surface area (Å²) in [5.74, 6) is 0.857. The van der Waals surface area contributed by atoms with Gasteiger partial charge in [0.15, 0.2) is 0 Å². The third-order valence-corrected chi connectivity index (χ3v) is 4.26. The van der Waals surface area contributed by atoms with Gasteiger partial charge in [-0.25, -0.2) is 4.98 Å². The average molecular weight is 282 g/mol. The summed E-state index contributed by atoms with van der Waals surface area (Å²) >= 11 is 3.27. The molecule has 0 N–H and O–H groups in total. The van der Waals surface area contributed by atoms with E-state index in [1.165, 1.54) is 16.4 Å². The van der Waals surface area contributed by atoms with Gasteiger partial charge < -0.3 is 9.80 Å². The number of anilines is 1. The highest BCUT2D eigenvalue weighted by molar-refractivity contribution is 7.10. The number of rotatable bonds is 6. The van der Waals surface area contributed by atoms with Crippen LogP contribution in [0.5, 0.6) is 0 Å². The van der Waals surface area contributed by atoms with Crippen LogP contribution in [-0.2, 0) is 6.54 Å². The van der Waals surface area contributed by atoms with Gasteiger partial charge in [0.1, 0.15) is 5.82 Å². The second kappa shape index (κ2) is 6.26. The van der Waals surface area contributed by atoms with Crippen LogP contribution < -0.4 is 4.90 Å². The molecule has 0 aromatic carbocycles. The van der Waals surface area contributed by atoms with Crippen molar-refractivity contribution < 1.29 is 0 Å². The van der Waals surface area contributed by atoms with Crippen molar-refractivity contribution in [2.45, 2.75) is 13.5 Å². The first-order valence-corrected chi connectivity index (χ1v) is 7.53.